The van der Waals surface area contributed by atoms with Crippen molar-refractivity contribution in [3.8, 4) is 5.75 Å². The van der Waals surface area contributed by atoms with Gasteiger partial charge in [0.15, 0.2) is 11.5 Å². The number of ether oxygens (including phenoxy) is 2. The maximum absolute atomic E-state index is 11.8. The Morgan fingerprint density at radius 2 is 2.11 bits per heavy atom. The van der Waals surface area contributed by atoms with Crippen LogP contribution in [0.2, 0.25) is 5.28 Å². The summed E-state index contributed by atoms with van der Waals surface area (Å²) in [7, 11) is 2.91. The number of benzene rings is 1. The van der Waals surface area contributed by atoms with Crippen LogP contribution in [-0.4, -0.2) is 46.3 Å². The van der Waals surface area contributed by atoms with Crippen LogP contribution in [0.25, 0.3) is 11.2 Å². The van der Waals surface area contributed by atoms with Gasteiger partial charge in [-0.15, -0.1) is 0 Å². The van der Waals surface area contributed by atoms with Gasteiger partial charge in [-0.2, -0.15) is 9.97 Å². The van der Waals surface area contributed by atoms with E-state index in [0.717, 1.165) is 30.5 Å². The topological polar surface area (TPSA) is 91.2 Å². The largest absolute Gasteiger partial charge is 0.496 e. The average Bonchev–Trinajstić information content (AvgIpc) is 3.10. The van der Waals surface area contributed by atoms with Crippen LogP contribution in [0.3, 0.4) is 0 Å². The number of carbonyl (C=O) groups is 1. The van der Waals surface area contributed by atoms with Crippen molar-refractivity contribution in [1.29, 1.82) is 0 Å². The minimum Gasteiger partial charge on any atom is -0.496 e. The highest BCUT2D eigenvalue weighted by atomic mass is 35.5. The lowest BCUT2D eigenvalue weighted by atomic mass is 10.1. The van der Waals surface area contributed by atoms with Crippen molar-refractivity contribution in [3.63, 3.8) is 0 Å². The molecule has 0 spiro atoms. The molecule has 148 valence electrons. The molecule has 0 saturated carbocycles. The summed E-state index contributed by atoms with van der Waals surface area (Å²) in [6.45, 7) is 3.37. The molecule has 0 bridgehead atoms. The minimum atomic E-state index is -0.414. The molecule has 3 aromatic rings. The Hall–Kier alpha value is -2.87. The van der Waals surface area contributed by atoms with Gasteiger partial charge in [-0.3, -0.25) is 0 Å². The quantitative estimate of drug-likeness (QED) is 0.349. The Morgan fingerprint density at radius 1 is 1.29 bits per heavy atom. The van der Waals surface area contributed by atoms with Gasteiger partial charge in [0, 0.05) is 12.1 Å². The molecule has 2 aromatic heterocycles. The van der Waals surface area contributed by atoms with Gasteiger partial charge in [-0.25, -0.2) is 9.78 Å². The van der Waals surface area contributed by atoms with E-state index in [1.54, 1.807) is 25.6 Å². The van der Waals surface area contributed by atoms with Crippen molar-refractivity contribution in [3.05, 3.63) is 40.9 Å². The molecule has 8 nitrogen and oxygen atoms in total. The highest BCUT2D eigenvalue weighted by Crippen LogP contribution is 2.26. The number of hydrogen-bond donors (Lipinski definition) is 1. The number of carbonyl (C=O) groups excluding carboxylic acids is 1. The number of nitrogens with one attached hydrogen (secondary N) is 1. The molecule has 9 heteroatoms. The first-order valence-electron chi connectivity index (χ1n) is 8.94. The lowest BCUT2D eigenvalue weighted by molar-refractivity contribution is 0.0600. The highest BCUT2D eigenvalue weighted by molar-refractivity contribution is 6.28. The number of unbranched alkanes of at least 4 members (excludes halogenated alkanes) is 1. The number of nitrogens with zero attached hydrogens (tertiary/aromatic N) is 4. The Balaban J connectivity index is 1.97. The van der Waals surface area contributed by atoms with Crippen molar-refractivity contribution >= 4 is 34.6 Å². The van der Waals surface area contributed by atoms with Crippen molar-refractivity contribution in [2.24, 2.45) is 0 Å². The first-order valence-corrected chi connectivity index (χ1v) is 9.32. The zero-order valence-electron chi connectivity index (χ0n) is 16.0. The molecule has 2 heterocycles. The normalized spacial score (nSPS) is 10.9. The van der Waals surface area contributed by atoms with Crippen molar-refractivity contribution in [1.82, 2.24) is 19.5 Å². The molecule has 0 fully saturated rings. The molecule has 0 radical (unpaired) electrons. The van der Waals surface area contributed by atoms with Gasteiger partial charge in [-0.05, 0) is 30.2 Å². The summed E-state index contributed by atoms with van der Waals surface area (Å²) in [6, 6.07) is 5.20. The molecular weight excluding hydrogens is 382 g/mol. The second kappa shape index (κ2) is 8.88. The van der Waals surface area contributed by atoms with Crippen LogP contribution in [0.5, 0.6) is 5.75 Å². The van der Waals surface area contributed by atoms with Crippen molar-refractivity contribution < 1.29 is 14.3 Å². The van der Waals surface area contributed by atoms with E-state index in [-0.39, 0.29) is 5.28 Å². The van der Waals surface area contributed by atoms with Crippen LogP contribution in [0.4, 0.5) is 5.82 Å². The maximum atomic E-state index is 11.8. The third-order valence-corrected chi connectivity index (χ3v) is 4.49. The number of aromatic nitrogens is 4. The highest BCUT2D eigenvalue weighted by Gasteiger charge is 2.16. The van der Waals surface area contributed by atoms with Crippen LogP contribution < -0.4 is 10.1 Å². The molecule has 0 aliphatic carbocycles. The summed E-state index contributed by atoms with van der Waals surface area (Å²) in [5.41, 5.74) is 2.59. The lowest BCUT2D eigenvalue weighted by Crippen LogP contribution is -2.08. The third-order valence-electron chi connectivity index (χ3n) is 4.32. The fourth-order valence-electron chi connectivity index (χ4n) is 2.88. The number of imidazole rings is 1. The first-order chi connectivity index (χ1) is 13.6. The van der Waals surface area contributed by atoms with Crippen LogP contribution in [0.1, 0.15) is 35.7 Å². The standard InChI is InChI=1S/C19H22ClN5O3/c1-4-5-8-21-16-15-17(24-19(20)23-16)22-11-25(15)10-13-7-6-12(18(26)28-3)9-14(13)27-2/h6-7,9,11H,4-5,8,10H2,1-3H3,(H,21,23,24). The SMILES string of the molecule is CCCCNc1nc(Cl)nc2ncn(Cc3ccc(C(=O)OC)cc3OC)c12. The molecular formula is C19H22ClN5O3. The van der Waals surface area contributed by atoms with E-state index < -0.39 is 5.97 Å². The summed E-state index contributed by atoms with van der Waals surface area (Å²) < 4.78 is 12.2. The van der Waals surface area contributed by atoms with Crippen LogP contribution >= 0.6 is 11.6 Å². The summed E-state index contributed by atoms with van der Waals surface area (Å²) in [6.07, 6.45) is 3.77. The van der Waals surface area contributed by atoms with Gasteiger partial charge in [0.25, 0.3) is 0 Å². The molecule has 0 aliphatic rings. The number of halogens is 1. The van der Waals surface area contributed by atoms with Crippen LogP contribution in [-0.2, 0) is 11.3 Å². The summed E-state index contributed by atoms with van der Waals surface area (Å²) in [5.74, 6) is 0.814. The number of anilines is 1. The third kappa shape index (κ3) is 4.17. The lowest BCUT2D eigenvalue weighted by Gasteiger charge is -2.13. The first kappa shape index (κ1) is 19.9. The Bertz CT molecular complexity index is 989. The fraction of sp³-hybridized carbons (Fsp3) is 0.368. The molecule has 0 unspecified atom stereocenters. The zero-order valence-corrected chi connectivity index (χ0v) is 16.8. The minimum absolute atomic E-state index is 0.150. The molecule has 0 atom stereocenters. The maximum Gasteiger partial charge on any atom is 0.337 e. The van der Waals surface area contributed by atoms with Gasteiger partial charge in [-0.1, -0.05) is 19.4 Å². The van der Waals surface area contributed by atoms with E-state index in [4.69, 9.17) is 21.1 Å². The molecule has 1 aromatic carbocycles. The monoisotopic (exact) mass is 403 g/mol. The summed E-state index contributed by atoms with van der Waals surface area (Å²) >= 11 is 6.04. The summed E-state index contributed by atoms with van der Waals surface area (Å²) in [5, 5.41) is 3.46. The average molecular weight is 404 g/mol. The molecule has 0 amide bonds. The van der Waals surface area contributed by atoms with Crippen molar-refractivity contribution in [2.45, 2.75) is 26.3 Å². The van der Waals surface area contributed by atoms with E-state index in [9.17, 15) is 4.79 Å². The second-order valence-electron chi connectivity index (χ2n) is 6.18. The van der Waals surface area contributed by atoms with E-state index in [0.29, 0.717) is 29.3 Å². The Kier molecular flexibility index (Phi) is 6.30. The smallest absolute Gasteiger partial charge is 0.337 e. The second-order valence-corrected chi connectivity index (χ2v) is 6.52. The number of fused-ring (bicyclic) bond motifs is 1. The number of esters is 1. The molecule has 0 saturated heterocycles. The van der Waals surface area contributed by atoms with E-state index >= 15 is 0 Å². The van der Waals surface area contributed by atoms with Gasteiger partial charge >= 0.3 is 5.97 Å². The predicted octanol–water partition coefficient (Wildman–Crippen LogP) is 3.54. The van der Waals surface area contributed by atoms with Gasteiger partial charge in [0.05, 0.1) is 32.7 Å². The van der Waals surface area contributed by atoms with Gasteiger partial charge in [0.1, 0.15) is 11.3 Å². The molecule has 1 N–H and O–H groups in total. The van der Waals surface area contributed by atoms with Crippen molar-refractivity contribution in [2.75, 3.05) is 26.1 Å². The van der Waals surface area contributed by atoms with Gasteiger partial charge < -0.3 is 19.4 Å². The van der Waals surface area contributed by atoms with Crippen LogP contribution in [0, 0.1) is 0 Å². The van der Waals surface area contributed by atoms with E-state index in [2.05, 4.69) is 27.2 Å². The number of rotatable bonds is 8. The van der Waals surface area contributed by atoms with Crippen LogP contribution in [0.15, 0.2) is 24.5 Å². The Morgan fingerprint density at radius 3 is 2.82 bits per heavy atom. The fourth-order valence-corrected chi connectivity index (χ4v) is 3.05. The zero-order chi connectivity index (χ0) is 20.1. The number of methoxy groups -OCH3 is 2. The predicted molar refractivity (Wildman–Crippen MR) is 107 cm³/mol. The molecule has 28 heavy (non-hydrogen) atoms. The number of hydrogen-bond acceptors (Lipinski definition) is 7. The van der Waals surface area contributed by atoms with E-state index in [1.807, 2.05) is 10.6 Å². The molecule has 3 rings (SSSR count). The van der Waals surface area contributed by atoms with E-state index in [1.165, 1.54) is 7.11 Å². The Labute approximate surface area is 167 Å². The van der Waals surface area contributed by atoms with Gasteiger partial charge in [0.2, 0.25) is 5.28 Å². The molecule has 0 aliphatic heterocycles. The summed E-state index contributed by atoms with van der Waals surface area (Å²) in [4.78, 5) is 24.6.